The van der Waals surface area contributed by atoms with E-state index in [4.69, 9.17) is 0 Å². The molecule has 2 fully saturated rings. The van der Waals surface area contributed by atoms with Crippen molar-refractivity contribution in [3.63, 3.8) is 0 Å². The van der Waals surface area contributed by atoms with E-state index in [0.717, 1.165) is 37.5 Å². The molecule has 0 bridgehead atoms. The van der Waals surface area contributed by atoms with Gasteiger partial charge >= 0.3 is 5.97 Å². The summed E-state index contributed by atoms with van der Waals surface area (Å²) in [6.07, 6.45) is 7.63. The lowest BCUT2D eigenvalue weighted by molar-refractivity contribution is -0.149. The van der Waals surface area contributed by atoms with Gasteiger partial charge in [0.15, 0.2) is 0 Å². The molecule has 2 rings (SSSR count). The first kappa shape index (κ1) is 10.0. The van der Waals surface area contributed by atoms with Crippen LogP contribution in [0.25, 0.3) is 0 Å². The van der Waals surface area contributed by atoms with E-state index in [2.05, 4.69) is 6.92 Å². The van der Waals surface area contributed by atoms with Crippen LogP contribution in [-0.4, -0.2) is 11.1 Å². The van der Waals surface area contributed by atoms with E-state index in [9.17, 15) is 9.90 Å². The second-order valence-electron chi connectivity index (χ2n) is 5.21. The van der Waals surface area contributed by atoms with Gasteiger partial charge in [0.25, 0.3) is 0 Å². The predicted octanol–water partition coefficient (Wildman–Crippen LogP) is 3.07. The second-order valence-corrected chi connectivity index (χ2v) is 5.21. The molecule has 2 aliphatic rings. The van der Waals surface area contributed by atoms with Gasteiger partial charge in [-0.1, -0.05) is 26.2 Å². The number of hydrogen-bond acceptors (Lipinski definition) is 1. The van der Waals surface area contributed by atoms with E-state index in [0.29, 0.717) is 0 Å². The summed E-state index contributed by atoms with van der Waals surface area (Å²) in [4.78, 5) is 11.3. The van der Waals surface area contributed by atoms with Crippen LogP contribution in [0.15, 0.2) is 0 Å². The molecule has 2 unspecified atom stereocenters. The Morgan fingerprint density at radius 2 is 2.00 bits per heavy atom. The molecule has 0 amide bonds. The van der Waals surface area contributed by atoms with Gasteiger partial charge in [-0.05, 0) is 37.5 Å². The van der Waals surface area contributed by atoms with Crippen molar-refractivity contribution in [1.29, 1.82) is 0 Å². The van der Waals surface area contributed by atoms with Crippen LogP contribution < -0.4 is 0 Å². The first-order valence-corrected chi connectivity index (χ1v) is 5.91. The van der Waals surface area contributed by atoms with Crippen molar-refractivity contribution in [2.24, 2.45) is 17.3 Å². The van der Waals surface area contributed by atoms with Gasteiger partial charge in [-0.2, -0.15) is 0 Å². The molecule has 0 radical (unpaired) electrons. The van der Waals surface area contributed by atoms with Crippen LogP contribution in [0.1, 0.15) is 51.9 Å². The molecule has 1 N–H and O–H groups in total. The molecule has 2 atom stereocenters. The third kappa shape index (κ3) is 1.67. The van der Waals surface area contributed by atoms with Crippen LogP contribution in [0.2, 0.25) is 0 Å². The molecule has 0 aromatic rings. The normalized spacial score (nSPS) is 39.5. The highest BCUT2D eigenvalue weighted by molar-refractivity contribution is 5.75. The molecule has 0 aromatic heterocycles. The van der Waals surface area contributed by atoms with Gasteiger partial charge in [-0.3, -0.25) is 4.79 Å². The number of carboxylic acids is 1. The van der Waals surface area contributed by atoms with Crippen LogP contribution in [0.5, 0.6) is 0 Å². The van der Waals surface area contributed by atoms with Crippen LogP contribution in [0.3, 0.4) is 0 Å². The van der Waals surface area contributed by atoms with Crippen molar-refractivity contribution in [2.75, 3.05) is 0 Å². The molecule has 0 saturated heterocycles. The lowest BCUT2D eigenvalue weighted by atomic mass is 9.78. The number of carboxylic acid groups (broad SMARTS) is 1. The van der Waals surface area contributed by atoms with Crippen LogP contribution >= 0.6 is 0 Å². The fraction of sp³-hybridized carbons (Fsp3) is 0.917. The summed E-state index contributed by atoms with van der Waals surface area (Å²) in [5.41, 5.74) is -0.317. The zero-order chi connectivity index (χ0) is 10.2. The Labute approximate surface area is 85.7 Å². The van der Waals surface area contributed by atoms with Crippen LogP contribution in [0, 0.1) is 17.3 Å². The Bertz CT molecular complexity index is 224. The number of hydrogen-bond donors (Lipinski definition) is 1. The topological polar surface area (TPSA) is 37.3 Å². The maximum Gasteiger partial charge on any atom is 0.309 e. The lowest BCUT2D eigenvalue weighted by Gasteiger charge is -2.25. The zero-order valence-corrected chi connectivity index (χ0v) is 8.96. The number of aliphatic carboxylic acids is 1. The first-order chi connectivity index (χ1) is 6.68. The second kappa shape index (κ2) is 3.56. The molecule has 14 heavy (non-hydrogen) atoms. The van der Waals surface area contributed by atoms with E-state index >= 15 is 0 Å². The number of unbranched alkanes of at least 4 members (excludes halogenated alkanes) is 2. The highest BCUT2D eigenvalue weighted by Crippen LogP contribution is 2.61. The van der Waals surface area contributed by atoms with Crippen molar-refractivity contribution < 1.29 is 9.90 Å². The van der Waals surface area contributed by atoms with E-state index in [-0.39, 0.29) is 5.41 Å². The molecule has 0 aliphatic heterocycles. The highest BCUT2D eigenvalue weighted by atomic mass is 16.4. The average Bonchev–Trinajstić information content (AvgIpc) is 2.75. The summed E-state index contributed by atoms with van der Waals surface area (Å²) >= 11 is 0. The summed E-state index contributed by atoms with van der Waals surface area (Å²) in [5, 5.41) is 9.30. The summed E-state index contributed by atoms with van der Waals surface area (Å²) in [7, 11) is 0. The van der Waals surface area contributed by atoms with Crippen molar-refractivity contribution in [1.82, 2.24) is 0 Å². The van der Waals surface area contributed by atoms with E-state index in [1.165, 1.54) is 19.3 Å². The van der Waals surface area contributed by atoms with E-state index in [1.54, 1.807) is 0 Å². The third-order valence-electron chi connectivity index (χ3n) is 4.09. The SMILES string of the molecule is CCCCCC1(C(=O)O)CC2CC2C1. The molecular weight excluding hydrogens is 176 g/mol. The van der Waals surface area contributed by atoms with E-state index < -0.39 is 5.97 Å². The molecule has 0 spiro atoms. The molecule has 80 valence electrons. The summed E-state index contributed by atoms with van der Waals surface area (Å²) in [5.74, 6) is 1.02. The predicted molar refractivity (Wildman–Crippen MR) is 55.0 cm³/mol. The van der Waals surface area contributed by atoms with Crippen molar-refractivity contribution in [3.8, 4) is 0 Å². The Kier molecular flexibility index (Phi) is 2.54. The van der Waals surface area contributed by atoms with Gasteiger partial charge in [0, 0.05) is 0 Å². The first-order valence-electron chi connectivity index (χ1n) is 5.91. The largest absolute Gasteiger partial charge is 0.481 e. The van der Waals surface area contributed by atoms with Crippen molar-refractivity contribution in [2.45, 2.75) is 51.9 Å². The molecular formula is C12H20O2. The van der Waals surface area contributed by atoms with Gasteiger partial charge < -0.3 is 5.11 Å². The van der Waals surface area contributed by atoms with Gasteiger partial charge in [-0.25, -0.2) is 0 Å². The smallest absolute Gasteiger partial charge is 0.309 e. The molecule has 2 saturated carbocycles. The monoisotopic (exact) mass is 196 g/mol. The van der Waals surface area contributed by atoms with Gasteiger partial charge in [-0.15, -0.1) is 0 Å². The Hall–Kier alpha value is -0.530. The fourth-order valence-corrected chi connectivity index (χ4v) is 3.10. The average molecular weight is 196 g/mol. The van der Waals surface area contributed by atoms with Crippen LogP contribution in [0.4, 0.5) is 0 Å². The summed E-state index contributed by atoms with van der Waals surface area (Å²) in [6, 6.07) is 0. The Balaban J connectivity index is 1.90. The zero-order valence-electron chi connectivity index (χ0n) is 8.96. The molecule has 2 heteroatoms. The van der Waals surface area contributed by atoms with Crippen molar-refractivity contribution in [3.05, 3.63) is 0 Å². The van der Waals surface area contributed by atoms with Gasteiger partial charge in [0.2, 0.25) is 0 Å². The third-order valence-corrected chi connectivity index (χ3v) is 4.09. The minimum atomic E-state index is -0.527. The number of carbonyl (C=O) groups is 1. The molecule has 0 aromatic carbocycles. The van der Waals surface area contributed by atoms with Crippen LogP contribution in [-0.2, 0) is 4.79 Å². The van der Waals surface area contributed by atoms with Crippen molar-refractivity contribution >= 4 is 5.97 Å². The van der Waals surface area contributed by atoms with E-state index in [1.807, 2.05) is 0 Å². The Morgan fingerprint density at radius 3 is 2.50 bits per heavy atom. The molecule has 2 aliphatic carbocycles. The van der Waals surface area contributed by atoms with Gasteiger partial charge in [0.1, 0.15) is 0 Å². The maximum atomic E-state index is 11.3. The molecule has 2 nitrogen and oxygen atoms in total. The van der Waals surface area contributed by atoms with Gasteiger partial charge in [0.05, 0.1) is 5.41 Å². The number of rotatable bonds is 5. The minimum Gasteiger partial charge on any atom is -0.481 e. The molecule has 0 heterocycles. The number of fused-ring (bicyclic) bond motifs is 1. The quantitative estimate of drug-likeness (QED) is 0.686. The Morgan fingerprint density at radius 1 is 1.36 bits per heavy atom. The summed E-state index contributed by atoms with van der Waals surface area (Å²) in [6.45, 7) is 2.17. The fourth-order valence-electron chi connectivity index (χ4n) is 3.10. The maximum absolute atomic E-state index is 11.3. The lowest BCUT2D eigenvalue weighted by Crippen LogP contribution is -2.29. The summed E-state index contributed by atoms with van der Waals surface area (Å²) < 4.78 is 0. The standard InChI is InChI=1S/C12H20O2/c1-2-3-4-5-12(11(13)14)7-9-6-10(9)8-12/h9-10H,2-8H2,1H3,(H,13,14). The highest BCUT2D eigenvalue weighted by Gasteiger charge is 2.56. The minimum absolute atomic E-state index is 0.317.